The molecule has 79 heavy (non-hydrogen) atoms. The summed E-state index contributed by atoms with van der Waals surface area (Å²) in [6, 6.07) is 65.8. The number of anilines is 1. The van der Waals surface area contributed by atoms with Crippen molar-refractivity contribution in [3.05, 3.63) is 290 Å². The maximum atomic E-state index is 15.4. The van der Waals surface area contributed by atoms with Crippen molar-refractivity contribution >= 4 is 69.1 Å². The van der Waals surface area contributed by atoms with Crippen LogP contribution in [0.2, 0.25) is 0 Å². The standard InChI is InChI=1S/C64H52N6O6S3/c1-43-54(79-42-65-43)38-35-45-40-77-60-56(59(72)70(60)57(45)61(73)75-39-44-33-36-52(74-2)37-34-44)67-58(71)55(69-76-64(49-27-15-6-16-28-49,50-29-17-7-18-30-50)51-31-19-8-20-32-51)53-41-78-62(66-53)68-63(46-21-9-3-10-22-46,47-23-11-4-12-24-47)48-25-13-5-14-26-48/h3-38,41-42,56,60H,39-40H2,1-2H3,(H,66,68)(H,67,71)/b38-35+,69-55-. The van der Waals surface area contributed by atoms with Crippen molar-refractivity contribution in [2.75, 3.05) is 18.2 Å². The fraction of sp³-hybridized carbons (Fsp3) is 0.125. The van der Waals surface area contributed by atoms with Crippen molar-refractivity contribution in [2.45, 2.75) is 36.1 Å². The Balaban J connectivity index is 0.982. The number of hydrogen-bond acceptors (Lipinski definition) is 13. The zero-order valence-electron chi connectivity index (χ0n) is 43.0. The van der Waals surface area contributed by atoms with Gasteiger partial charge in [0, 0.05) is 32.7 Å². The summed E-state index contributed by atoms with van der Waals surface area (Å²) in [6.45, 7) is 1.87. The minimum atomic E-state index is -1.37. The Morgan fingerprint density at radius 2 is 1.22 bits per heavy atom. The maximum absolute atomic E-state index is 15.4. The summed E-state index contributed by atoms with van der Waals surface area (Å²) in [4.78, 5) is 63.3. The monoisotopic (exact) mass is 1100 g/mol. The number of fused-ring (bicyclic) bond motifs is 1. The number of ether oxygens (including phenoxy) is 2. The summed E-state index contributed by atoms with van der Waals surface area (Å²) in [6.07, 6.45) is 3.73. The number of β-lactam (4-membered cyclic amide) rings is 1. The van der Waals surface area contributed by atoms with Crippen molar-refractivity contribution in [2.24, 2.45) is 5.16 Å². The van der Waals surface area contributed by atoms with Gasteiger partial charge in [-0.2, -0.15) is 0 Å². The lowest BCUT2D eigenvalue weighted by atomic mass is 9.77. The fourth-order valence-corrected chi connectivity index (χ4v) is 12.7. The molecule has 0 saturated carbocycles. The molecule has 1 saturated heterocycles. The molecule has 0 aliphatic carbocycles. The third-order valence-electron chi connectivity index (χ3n) is 13.9. The van der Waals surface area contributed by atoms with Crippen molar-refractivity contribution in [1.29, 1.82) is 0 Å². The Kier molecular flexibility index (Phi) is 15.4. The molecule has 2 aliphatic rings. The third kappa shape index (κ3) is 10.5. The summed E-state index contributed by atoms with van der Waals surface area (Å²) in [7, 11) is 1.58. The van der Waals surface area contributed by atoms with Crippen molar-refractivity contribution in [1.82, 2.24) is 20.2 Å². The van der Waals surface area contributed by atoms with Gasteiger partial charge in [-0.25, -0.2) is 14.8 Å². The average Bonchev–Trinajstić information content (AvgIpc) is 4.30. The summed E-state index contributed by atoms with van der Waals surface area (Å²) in [5, 5.41) is 13.3. The van der Waals surface area contributed by atoms with Gasteiger partial charge in [-0.3, -0.25) is 14.5 Å². The second-order valence-corrected chi connectivity index (χ2v) is 21.5. The van der Waals surface area contributed by atoms with Crippen molar-refractivity contribution in [3.8, 4) is 5.75 Å². The number of aryl methyl sites for hydroxylation is 1. The van der Waals surface area contributed by atoms with E-state index in [9.17, 15) is 9.59 Å². The highest BCUT2D eigenvalue weighted by atomic mass is 32.2. The van der Waals surface area contributed by atoms with Crippen LogP contribution >= 0.6 is 34.4 Å². The average molecular weight is 1100 g/mol. The molecule has 4 heterocycles. The quantitative estimate of drug-likeness (QED) is 0.0264. The van der Waals surface area contributed by atoms with Gasteiger partial charge >= 0.3 is 5.97 Å². The molecule has 12 nitrogen and oxygen atoms in total. The van der Waals surface area contributed by atoms with Crippen molar-refractivity contribution in [3.63, 3.8) is 0 Å². The highest BCUT2D eigenvalue weighted by Crippen LogP contribution is 2.44. The van der Waals surface area contributed by atoms with Crippen LogP contribution in [-0.4, -0.2) is 62.6 Å². The van der Waals surface area contributed by atoms with E-state index in [4.69, 9.17) is 24.5 Å². The molecule has 11 rings (SSSR count). The molecule has 2 aliphatic heterocycles. The minimum absolute atomic E-state index is 0.0405. The number of benzene rings is 7. The van der Waals surface area contributed by atoms with E-state index in [1.165, 1.54) is 39.3 Å². The van der Waals surface area contributed by atoms with Crippen LogP contribution in [0.5, 0.6) is 5.75 Å². The lowest BCUT2D eigenvalue weighted by molar-refractivity contribution is -0.153. The zero-order chi connectivity index (χ0) is 54.2. The number of amides is 2. The summed E-state index contributed by atoms with van der Waals surface area (Å²) < 4.78 is 11.2. The predicted molar refractivity (Wildman–Crippen MR) is 312 cm³/mol. The van der Waals surface area contributed by atoms with E-state index in [1.807, 2.05) is 177 Å². The van der Waals surface area contributed by atoms with Crippen LogP contribution in [0.3, 0.4) is 0 Å². The Labute approximate surface area is 470 Å². The fourth-order valence-electron chi connectivity index (χ4n) is 9.93. The number of carbonyl (C=O) groups excluding carboxylic acids is 3. The van der Waals surface area contributed by atoms with Crippen LogP contribution in [-0.2, 0) is 41.7 Å². The lowest BCUT2D eigenvalue weighted by Crippen LogP contribution is -2.71. The summed E-state index contributed by atoms with van der Waals surface area (Å²) >= 11 is 4.21. The predicted octanol–water partition coefficient (Wildman–Crippen LogP) is 12.1. The van der Waals surface area contributed by atoms with Gasteiger partial charge in [-0.05, 0) is 53.0 Å². The van der Waals surface area contributed by atoms with Crippen LogP contribution in [0.4, 0.5) is 5.13 Å². The number of hydrogen-bond donors (Lipinski definition) is 2. The molecule has 0 radical (unpaired) electrons. The molecular formula is C64H52N6O6S3. The lowest BCUT2D eigenvalue weighted by Gasteiger charge is -2.49. The number of nitrogens with one attached hydrogen (secondary N) is 2. The number of methoxy groups -OCH3 is 1. The molecule has 1 fully saturated rings. The molecule has 7 aromatic carbocycles. The Hall–Kier alpha value is -8.89. The van der Waals surface area contributed by atoms with Crippen molar-refractivity contribution < 1.29 is 28.7 Å². The van der Waals surface area contributed by atoms with Gasteiger partial charge < -0.3 is 24.9 Å². The van der Waals surface area contributed by atoms with E-state index < -0.39 is 40.3 Å². The number of oxime groups is 1. The molecule has 2 atom stereocenters. The van der Waals surface area contributed by atoms with E-state index in [-0.39, 0.29) is 23.7 Å². The van der Waals surface area contributed by atoms with E-state index in [0.29, 0.717) is 22.2 Å². The van der Waals surface area contributed by atoms with Gasteiger partial charge in [0.2, 0.25) is 5.60 Å². The SMILES string of the molecule is COc1ccc(COC(=O)C2=C(/C=C/c3scnc3C)CSC3C(NC(=O)/C(=N\OC(c4ccccc4)(c4ccccc4)c4ccccc4)c4csc(NC(c5ccccc5)(c5ccccc5)c5ccccc5)n4)C(=O)N23)cc1. The van der Waals surface area contributed by atoms with Crippen LogP contribution < -0.4 is 15.4 Å². The van der Waals surface area contributed by atoms with Gasteiger partial charge in [-0.1, -0.05) is 205 Å². The van der Waals surface area contributed by atoms with E-state index >= 15 is 4.79 Å². The highest BCUT2D eigenvalue weighted by Gasteiger charge is 2.55. The molecule has 0 spiro atoms. The highest BCUT2D eigenvalue weighted by molar-refractivity contribution is 8.00. The number of esters is 1. The Morgan fingerprint density at radius 1 is 0.696 bits per heavy atom. The second-order valence-electron chi connectivity index (χ2n) is 18.6. The number of thioether (sulfide) groups is 1. The first-order chi connectivity index (χ1) is 38.8. The second kappa shape index (κ2) is 23.4. The van der Waals surface area contributed by atoms with Gasteiger partial charge in [0.25, 0.3) is 11.8 Å². The largest absolute Gasteiger partial charge is 0.497 e. The number of carbonyl (C=O) groups is 3. The summed E-state index contributed by atoms with van der Waals surface area (Å²) in [5.41, 5.74) is 6.93. The number of nitrogens with zero attached hydrogens (tertiary/aromatic N) is 4. The topological polar surface area (TPSA) is 144 Å². The number of aromatic nitrogens is 2. The van der Waals surface area contributed by atoms with Gasteiger partial charge in [0.15, 0.2) is 10.8 Å². The molecule has 0 bridgehead atoms. The van der Waals surface area contributed by atoms with Gasteiger partial charge in [0.1, 0.15) is 40.7 Å². The molecule has 2 unspecified atom stereocenters. The van der Waals surface area contributed by atoms with E-state index in [2.05, 4.69) is 52.0 Å². The van der Waals surface area contributed by atoms with E-state index in [1.54, 1.807) is 30.1 Å². The number of thiazole rings is 2. The van der Waals surface area contributed by atoms with Crippen LogP contribution in [0.15, 0.2) is 240 Å². The van der Waals surface area contributed by atoms with Crippen LogP contribution in [0.25, 0.3) is 6.08 Å². The normalized spacial score (nSPS) is 15.5. The molecule has 2 aromatic heterocycles. The molecule has 15 heteroatoms. The van der Waals surface area contributed by atoms with Gasteiger partial charge in [0.05, 0.1) is 18.3 Å². The zero-order valence-corrected chi connectivity index (χ0v) is 45.4. The number of rotatable bonds is 19. The first kappa shape index (κ1) is 52.2. The minimum Gasteiger partial charge on any atom is -0.497 e. The molecule has 2 N–H and O–H groups in total. The van der Waals surface area contributed by atoms with Crippen LogP contribution in [0, 0.1) is 6.92 Å². The first-order valence-corrected chi connectivity index (χ1v) is 28.3. The molecule has 9 aromatic rings. The third-order valence-corrected chi connectivity index (χ3v) is 16.9. The Bertz CT molecular complexity index is 3480. The molecule has 2 amide bonds. The number of allylic oxidation sites excluding steroid dienone is 1. The summed E-state index contributed by atoms with van der Waals surface area (Å²) in [5.74, 6) is -0.866. The van der Waals surface area contributed by atoms with E-state index in [0.717, 1.165) is 49.5 Å². The molecular weight excluding hydrogens is 1040 g/mol. The maximum Gasteiger partial charge on any atom is 0.355 e. The molecule has 392 valence electrons. The Morgan fingerprint density at radius 3 is 1.71 bits per heavy atom. The smallest absolute Gasteiger partial charge is 0.355 e. The first-order valence-electron chi connectivity index (χ1n) is 25.5. The van der Waals surface area contributed by atoms with Crippen LogP contribution in [0.1, 0.15) is 55.2 Å². The van der Waals surface area contributed by atoms with Gasteiger partial charge in [-0.15, -0.1) is 34.4 Å².